The molecule has 1 saturated heterocycles. The molecule has 0 radical (unpaired) electrons. The number of hydrogen-bond donors (Lipinski definition) is 2. The van der Waals surface area contributed by atoms with Crippen LogP contribution in [0, 0.1) is 5.41 Å². The lowest BCUT2D eigenvalue weighted by Gasteiger charge is -2.45. The predicted octanol–water partition coefficient (Wildman–Crippen LogP) is 2.92. The molecule has 1 amide bonds. The highest BCUT2D eigenvalue weighted by molar-refractivity contribution is 6.00. The molecule has 21 heavy (non-hydrogen) atoms. The van der Waals surface area contributed by atoms with Gasteiger partial charge in [-0.3, -0.25) is 4.79 Å². The van der Waals surface area contributed by atoms with Crippen molar-refractivity contribution in [1.29, 1.82) is 0 Å². The number of hydrogen-bond acceptors (Lipinski definition) is 3. The molecule has 1 spiro atoms. The molecule has 1 saturated carbocycles. The zero-order valence-corrected chi connectivity index (χ0v) is 12.6. The molecule has 0 bridgehead atoms. The molecule has 1 aliphatic carbocycles. The van der Waals surface area contributed by atoms with Crippen LogP contribution in [0.4, 0.5) is 11.4 Å². The fourth-order valence-corrected chi connectivity index (χ4v) is 4.07. The van der Waals surface area contributed by atoms with Crippen molar-refractivity contribution >= 4 is 17.3 Å². The summed E-state index contributed by atoms with van der Waals surface area (Å²) >= 11 is 0. The number of anilines is 2. The molecule has 1 aromatic carbocycles. The fourth-order valence-electron chi connectivity index (χ4n) is 4.07. The highest BCUT2D eigenvalue weighted by Gasteiger charge is 2.35. The molecule has 0 unspecified atom stereocenters. The Bertz CT molecular complexity index is 525. The van der Waals surface area contributed by atoms with Gasteiger partial charge in [0.25, 0.3) is 5.91 Å². The van der Waals surface area contributed by atoms with Crippen molar-refractivity contribution in [1.82, 2.24) is 0 Å². The van der Waals surface area contributed by atoms with Gasteiger partial charge >= 0.3 is 0 Å². The lowest BCUT2D eigenvalue weighted by atomic mass is 9.68. The van der Waals surface area contributed by atoms with E-state index in [-0.39, 0.29) is 0 Å². The van der Waals surface area contributed by atoms with Crippen LogP contribution in [0.3, 0.4) is 0 Å². The number of primary amides is 1. The zero-order valence-electron chi connectivity index (χ0n) is 12.6. The summed E-state index contributed by atoms with van der Waals surface area (Å²) in [5, 5.41) is 0. The number of carbonyl (C=O) groups is 1. The van der Waals surface area contributed by atoms with Gasteiger partial charge in [-0.15, -0.1) is 0 Å². The van der Waals surface area contributed by atoms with Crippen molar-refractivity contribution in [2.75, 3.05) is 23.7 Å². The van der Waals surface area contributed by atoms with Crippen LogP contribution in [0.15, 0.2) is 18.2 Å². The molecule has 0 atom stereocenters. The van der Waals surface area contributed by atoms with Crippen LogP contribution in [0.5, 0.6) is 0 Å². The van der Waals surface area contributed by atoms with Gasteiger partial charge in [0.15, 0.2) is 0 Å². The van der Waals surface area contributed by atoms with Gasteiger partial charge in [0.2, 0.25) is 0 Å². The van der Waals surface area contributed by atoms with Crippen LogP contribution in [0.1, 0.15) is 55.3 Å². The number of para-hydroxylation sites is 1. The maximum absolute atomic E-state index is 11.4. The average molecular weight is 287 g/mol. The molecule has 0 aromatic heterocycles. The number of nitrogens with zero attached hydrogens (tertiary/aromatic N) is 1. The van der Waals surface area contributed by atoms with Crippen LogP contribution in [-0.4, -0.2) is 19.0 Å². The summed E-state index contributed by atoms with van der Waals surface area (Å²) in [5.74, 6) is -0.449. The first-order valence-electron chi connectivity index (χ1n) is 8.05. The molecule has 114 valence electrons. The first-order valence-corrected chi connectivity index (χ1v) is 8.05. The second-order valence-corrected chi connectivity index (χ2v) is 6.65. The third-order valence-electron chi connectivity index (χ3n) is 5.43. The van der Waals surface area contributed by atoms with Crippen molar-refractivity contribution in [3.63, 3.8) is 0 Å². The van der Waals surface area contributed by atoms with Gasteiger partial charge in [0.1, 0.15) is 0 Å². The first kappa shape index (κ1) is 14.2. The van der Waals surface area contributed by atoms with E-state index in [1.54, 1.807) is 6.07 Å². The summed E-state index contributed by atoms with van der Waals surface area (Å²) in [6.45, 7) is 2.07. The van der Waals surface area contributed by atoms with Crippen LogP contribution < -0.4 is 16.4 Å². The van der Waals surface area contributed by atoms with E-state index in [1.165, 1.54) is 44.9 Å². The average Bonchev–Trinajstić information content (AvgIpc) is 2.49. The number of nitrogens with two attached hydrogens (primary N) is 2. The number of nitrogen functional groups attached to an aromatic ring is 1. The first-order chi connectivity index (χ1) is 10.1. The quantitative estimate of drug-likeness (QED) is 0.821. The Balaban J connectivity index is 1.75. The molecule has 2 aliphatic rings. The lowest BCUT2D eigenvalue weighted by Crippen LogP contribution is -2.41. The third kappa shape index (κ3) is 2.71. The van der Waals surface area contributed by atoms with Gasteiger partial charge in [0, 0.05) is 13.1 Å². The standard InChI is InChI=1S/C17H25N3O/c18-15-13(16(19)21)5-4-6-14(15)20-11-9-17(10-12-20)7-2-1-3-8-17/h4-6H,1-3,7-12,18H2,(H2,19,21). The smallest absolute Gasteiger partial charge is 0.250 e. The summed E-state index contributed by atoms with van der Waals surface area (Å²) in [7, 11) is 0. The highest BCUT2D eigenvalue weighted by Crippen LogP contribution is 2.45. The van der Waals surface area contributed by atoms with Crippen LogP contribution in [-0.2, 0) is 0 Å². The van der Waals surface area contributed by atoms with Crippen molar-refractivity contribution in [2.24, 2.45) is 11.1 Å². The van der Waals surface area contributed by atoms with Crippen LogP contribution >= 0.6 is 0 Å². The Morgan fingerprint density at radius 1 is 1.05 bits per heavy atom. The Morgan fingerprint density at radius 3 is 2.33 bits per heavy atom. The van der Waals surface area contributed by atoms with Gasteiger partial charge in [-0.05, 0) is 43.2 Å². The zero-order chi connectivity index (χ0) is 14.9. The number of carbonyl (C=O) groups excluding carboxylic acids is 1. The molecule has 1 aliphatic heterocycles. The van der Waals surface area contributed by atoms with Gasteiger partial charge in [0.05, 0.1) is 16.9 Å². The minimum absolute atomic E-state index is 0.436. The minimum Gasteiger partial charge on any atom is -0.396 e. The normalized spacial score (nSPS) is 21.4. The van der Waals surface area contributed by atoms with Gasteiger partial charge < -0.3 is 16.4 Å². The molecule has 1 aromatic rings. The molecular formula is C17H25N3O. The van der Waals surface area contributed by atoms with Crippen molar-refractivity contribution in [2.45, 2.75) is 44.9 Å². The molecule has 4 nitrogen and oxygen atoms in total. The predicted molar refractivity (Wildman–Crippen MR) is 86.3 cm³/mol. The molecule has 1 heterocycles. The second kappa shape index (κ2) is 5.58. The van der Waals surface area contributed by atoms with Crippen molar-refractivity contribution in [3.8, 4) is 0 Å². The number of rotatable bonds is 2. The molecule has 2 fully saturated rings. The lowest BCUT2D eigenvalue weighted by molar-refractivity contribution is 0.100. The fraction of sp³-hybridized carbons (Fsp3) is 0.588. The van der Waals surface area contributed by atoms with E-state index in [4.69, 9.17) is 11.5 Å². The van der Waals surface area contributed by atoms with Crippen molar-refractivity contribution in [3.05, 3.63) is 23.8 Å². The summed E-state index contributed by atoms with van der Waals surface area (Å²) < 4.78 is 0. The monoisotopic (exact) mass is 287 g/mol. The molecule has 3 rings (SSSR count). The summed E-state index contributed by atoms with van der Waals surface area (Å²) in [5.41, 5.74) is 14.0. The summed E-state index contributed by atoms with van der Waals surface area (Å²) in [6, 6.07) is 5.57. The van der Waals surface area contributed by atoms with E-state index in [0.717, 1.165) is 18.8 Å². The summed E-state index contributed by atoms with van der Waals surface area (Å²) in [6.07, 6.45) is 9.44. The molecular weight excluding hydrogens is 262 g/mol. The van der Waals surface area contributed by atoms with E-state index in [2.05, 4.69) is 4.90 Å². The second-order valence-electron chi connectivity index (χ2n) is 6.65. The van der Waals surface area contributed by atoms with E-state index in [9.17, 15) is 4.79 Å². The van der Waals surface area contributed by atoms with Gasteiger partial charge in [-0.1, -0.05) is 25.3 Å². The highest BCUT2D eigenvalue weighted by atomic mass is 16.1. The molecule has 4 heteroatoms. The van der Waals surface area contributed by atoms with Gasteiger partial charge in [-0.25, -0.2) is 0 Å². The minimum atomic E-state index is -0.449. The Kier molecular flexibility index (Phi) is 3.79. The summed E-state index contributed by atoms with van der Waals surface area (Å²) in [4.78, 5) is 13.7. The van der Waals surface area contributed by atoms with E-state index in [1.807, 2.05) is 12.1 Å². The van der Waals surface area contributed by atoms with Crippen LogP contribution in [0.2, 0.25) is 0 Å². The Hall–Kier alpha value is -1.71. The number of amides is 1. The largest absolute Gasteiger partial charge is 0.396 e. The van der Waals surface area contributed by atoms with E-state index >= 15 is 0 Å². The number of benzene rings is 1. The third-order valence-corrected chi connectivity index (χ3v) is 5.43. The van der Waals surface area contributed by atoms with E-state index < -0.39 is 5.91 Å². The van der Waals surface area contributed by atoms with Crippen LogP contribution in [0.25, 0.3) is 0 Å². The maximum atomic E-state index is 11.4. The van der Waals surface area contributed by atoms with E-state index in [0.29, 0.717) is 16.7 Å². The van der Waals surface area contributed by atoms with Gasteiger partial charge in [-0.2, -0.15) is 0 Å². The number of piperidine rings is 1. The SMILES string of the molecule is NC(=O)c1cccc(N2CCC3(CCCCC3)CC2)c1N. The topological polar surface area (TPSA) is 72.4 Å². The maximum Gasteiger partial charge on any atom is 0.250 e. The Labute approximate surface area is 126 Å². The Morgan fingerprint density at radius 2 is 1.71 bits per heavy atom. The van der Waals surface area contributed by atoms with Crippen molar-refractivity contribution < 1.29 is 4.79 Å². The molecule has 4 N–H and O–H groups in total.